The largest absolute Gasteiger partial charge is 0.441 e. The van der Waals surface area contributed by atoms with Crippen LogP contribution in [0.1, 0.15) is 24.8 Å². The van der Waals surface area contributed by atoms with Crippen LogP contribution >= 0.6 is 0 Å². The molecule has 0 amide bonds. The Morgan fingerprint density at radius 2 is 2.27 bits per heavy atom. The highest BCUT2D eigenvalue weighted by atomic mass is 16.3. The lowest BCUT2D eigenvalue weighted by atomic mass is 10.2. The summed E-state index contributed by atoms with van der Waals surface area (Å²) in [6.07, 6.45) is 1.08. The Bertz CT molecular complexity index is 499. The first-order valence-electron chi connectivity index (χ1n) is 5.00. The van der Waals surface area contributed by atoms with E-state index in [0.717, 1.165) is 16.7 Å². The van der Waals surface area contributed by atoms with Gasteiger partial charge < -0.3 is 9.21 Å². The van der Waals surface area contributed by atoms with Gasteiger partial charge in [0.25, 0.3) is 0 Å². The summed E-state index contributed by atoms with van der Waals surface area (Å²) in [5, 5.41) is 0. The van der Waals surface area contributed by atoms with E-state index in [9.17, 15) is 4.79 Å². The molecule has 0 aliphatic rings. The molecular formula is C12H13NO2. The van der Waals surface area contributed by atoms with Crippen LogP contribution in [0.2, 0.25) is 0 Å². The van der Waals surface area contributed by atoms with Crippen molar-refractivity contribution in [2.45, 2.75) is 26.7 Å². The summed E-state index contributed by atoms with van der Waals surface area (Å²) >= 11 is 0. The number of carbonyl (C=O) groups is 1. The molecular weight excluding hydrogens is 190 g/mol. The van der Waals surface area contributed by atoms with E-state index >= 15 is 0 Å². The Morgan fingerprint density at radius 3 is 3.00 bits per heavy atom. The van der Waals surface area contributed by atoms with E-state index in [1.54, 1.807) is 6.92 Å². The van der Waals surface area contributed by atoms with Gasteiger partial charge in [-0.3, -0.25) is 0 Å². The highest BCUT2D eigenvalue weighted by molar-refractivity contribution is 5.76. The molecule has 0 bridgehead atoms. The Morgan fingerprint density at radius 1 is 1.47 bits per heavy atom. The first-order valence-corrected chi connectivity index (χ1v) is 5.00. The summed E-state index contributed by atoms with van der Waals surface area (Å²) in [6, 6.07) is 5.88. The van der Waals surface area contributed by atoms with Crippen molar-refractivity contribution >= 4 is 16.9 Å². The van der Waals surface area contributed by atoms with E-state index < -0.39 is 0 Å². The van der Waals surface area contributed by atoms with Crippen LogP contribution < -0.4 is 0 Å². The van der Waals surface area contributed by atoms with Gasteiger partial charge in [-0.05, 0) is 31.5 Å². The average molecular weight is 203 g/mol. The predicted octanol–water partition coefficient (Wildman–Crippen LogP) is 2.66. The number of rotatable bonds is 3. The third-order valence-electron chi connectivity index (χ3n) is 2.28. The van der Waals surface area contributed by atoms with Crippen LogP contribution in [0, 0.1) is 6.92 Å². The summed E-state index contributed by atoms with van der Waals surface area (Å²) < 4.78 is 5.51. The molecule has 3 heteroatoms. The van der Waals surface area contributed by atoms with Gasteiger partial charge in [0.05, 0.1) is 0 Å². The van der Waals surface area contributed by atoms with Crippen molar-refractivity contribution in [3.05, 3.63) is 29.7 Å². The molecule has 15 heavy (non-hydrogen) atoms. The number of Topliss-reactive ketones (excluding diaryl/α,β-unsaturated/α-hetero) is 1. The van der Waals surface area contributed by atoms with Crippen molar-refractivity contribution in [2.75, 3.05) is 0 Å². The van der Waals surface area contributed by atoms with E-state index in [1.807, 2.05) is 25.1 Å². The van der Waals surface area contributed by atoms with Gasteiger partial charge in [0.15, 0.2) is 11.5 Å². The van der Waals surface area contributed by atoms with E-state index in [4.69, 9.17) is 4.42 Å². The van der Waals surface area contributed by atoms with Crippen LogP contribution in [0.3, 0.4) is 0 Å². The maximum absolute atomic E-state index is 10.8. The number of hydrogen-bond donors (Lipinski definition) is 0. The van der Waals surface area contributed by atoms with Gasteiger partial charge in [-0.1, -0.05) is 6.07 Å². The van der Waals surface area contributed by atoms with Crippen molar-refractivity contribution in [1.82, 2.24) is 4.98 Å². The Labute approximate surface area is 88.1 Å². The number of aromatic nitrogens is 1. The SMILES string of the molecule is CC(=O)CCc1nc2cc(C)ccc2o1. The van der Waals surface area contributed by atoms with Crippen LogP contribution in [0.25, 0.3) is 11.1 Å². The normalized spacial score (nSPS) is 10.8. The highest BCUT2D eigenvalue weighted by Crippen LogP contribution is 2.17. The monoisotopic (exact) mass is 203 g/mol. The van der Waals surface area contributed by atoms with Gasteiger partial charge in [0.2, 0.25) is 0 Å². The van der Waals surface area contributed by atoms with Crippen LogP contribution in [0.5, 0.6) is 0 Å². The van der Waals surface area contributed by atoms with Gasteiger partial charge in [-0.15, -0.1) is 0 Å². The van der Waals surface area contributed by atoms with Crippen LogP contribution in [0.4, 0.5) is 0 Å². The minimum Gasteiger partial charge on any atom is -0.441 e. The fourth-order valence-corrected chi connectivity index (χ4v) is 1.48. The minimum atomic E-state index is 0.161. The van der Waals surface area contributed by atoms with Crippen LogP contribution in [-0.2, 0) is 11.2 Å². The van der Waals surface area contributed by atoms with E-state index in [1.165, 1.54) is 0 Å². The van der Waals surface area contributed by atoms with Crippen molar-refractivity contribution < 1.29 is 9.21 Å². The van der Waals surface area contributed by atoms with Gasteiger partial charge >= 0.3 is 0 Å². The van der Waals surface area contributed by atoms with Crippen molar-refractivity contribution in [3.63, 3.8) is 0 Å². The second-order valence-corrected chi connectivity index (χ2v) is 3.78. The highest BCUT2D eigenvalue weighted by Gasteiger charge is 2.06. The number of hydrogen-bond acceptors (Lipinski definition) is 3. The molecule has 0 aliphatic heterocycles. The minimum absolute atomic E-state index is 0.161. The molecule has 1 heterocycles. The maximum Gasteiger partial charge on any atom is 0.195 e. The molecule has 0 atom stereocenters. The van der Waals surface area contributed by atoms with E-state index in [-0.39, 0.29) is 5.78 Å². The van der Waals surface area contributed by atoms with Crippen molar-refractivity contribution in [1.29, 1.82) is 0 Å². The topological polar surface area (TPSA) is 43.1 Å². The van der Waals surface area contributed by atoms with E-state index in [0.29, 0.717) is 18.7 Å². The first-order chi connectivity index (χ1) is 7.15. The number of aryl methyl sites for hydroxylation is 2. The number of benzene rings is 1. The first kappa shape index (κ1) is 9.90. The Hall–Kier alpha value is -1.64. The summed E-state index contributed by atoms with van der Waals surface area (Å²) in [5.41, 5.74) is 2.82. The molecule has 0 saturated heterocycles. The lowest BCUT2D eigenvalue weighted by molar-refractivity contribution is -0.117. The molecule has 0 radical (unpaired) electrons. The molecule has 0 aliphatic carbocycles. The molecule has 3 nitrogen and oxygen atoms in total. The molecule has 0 saturated carbocycles. The standard InChI is InChI=1S/C12H13NO2/c1-8-3-5-11-10(7-8)13-12(15-11)6-4-9(2)14/h3,5,7H,4,6H2,1-2H3. The second-order valence-electron chi connectivity index (χ2n) is 3.78. The molecule has 1 aromatic heterocycles. The van der Waals surface area contributed by atoms with Gasteiger partial charge in [0, 0.05) is 12.8 Å². The molecule has 1 aromatic carbocycles. The summed E-state index contributed by atoms with van der Waals surface area (Å²) in [4.78, 5) is 15.1. The molecule has 0 unspecified atom stereocenters. The lowest BCUT2D eigenvalue weighted by Gasteiger charge is -1.89. The van der Waals surface area contributed by atoms with Crippen molar-refractivity contribution in [3.8, 4) is 0 Å². The number of nitrogens with zero attached hydrogens (tertiary/aromatic N) is 1. The summed E-state index contributed by atoms with van der Waals surface area (Å²) in [6.45, 7) is 3.59. The number of carbonyl (C=O) groups excluding carboxylic acids is 1. The molecule has 2 rings (SSSR count). The van der Waals surface area contributed by atoms with Crippen molar-refractivity contribution in [2.24, 2.45) is 0 Å². The fraction of sp³-hybridized carbons (Fsp3) is 0.333. The summed E-state index contributed by atoms with van der Waals surface area (Å²) in [7, 11) is 0. The summed E-state index contributed by atoms with van der Waals surface area (Å²) in [5.74, 6) is 0.805. The molecule has 0 fully saturated rings. The predicted molar refractivity (Wildman–Crippen MR) is 57.7 cm³/mol. The lowest BCUT2D eigenvalue weighted by Crippen LogP contribution is -1.93. The number of fused-ring (bicyclic) bond motifs is 1. The van der Waals surface area contributed by atoms with E-state index in [2.05, 4.69) is 4.98 Å². The third kappa shape index (κ3) is 2.24. The zero-order valence-electron chi connectivity index (χ0n) is 8.91. The fourth-order valence-electron chi connectivity index (χ4n) is 1.48. The Balaban J connectivity index is 2.27. The molecule has 78 valence electrons. The zero-order chi connectivity index (χ0) is 10.8. The van der Waals surface area contributed by atoms with Gasteiger partial charge in [-0.2, -0.15) is 0 Å². The number of ketones is 1. The molecule has 2 aromatic rings. The van der Waals surface area contributed by atoms with Crippen LogP contribution in [0.15, 0.2) is 22.6 Å². The number of oxazole rings is 1. The zero-order valence-corrected chi connectivity index (χ0v) is 8.91. The maximum atomic E-state index is 10.8. The smallest absolute Gasteiger partial charge is 0.195 e. The quantitative estimate of drug-likeness (QED) is 0.770. The average Bonchev–Trinajstić information content (AvgIpc) is 2.56. The molecule has 0 N–H and O–H groups in total. The van der Waals surface area contributed by atoms with Gasteiger partial charge in [-0.25, -0.2) is 4.98 Å². The third-order valence-corrected chi connectivity index (χ3v) is 2.28. The molecule has 0 spiro atoms. The van der Waals surface area contributed by atoms with Gasteiger partial charge in [0.1, 0.15) is 11.3 Å². The Kier molecular flexibility index (Phi) is 2.54. The van der Waals surface area contributed by atoms with Crippen LogP contribution in [-0.4, -0.2) is 10.8 Å². The second kappa shape index (κ2) is 3.85.